The summed E-state index contributed by atoms with van der Waals surface area (Å²) in [6, 6.07) is 3.81. The van der Waals surface area contributed by atoms with Crippen molar-refractivity contribution in [3.8, 4) is 0 Å². The van der Waals surface area contributed by atoms with Crippen LogP contribution in [-0.2, 0) is 6.18 Å². The Bertz CT molecular complexity index is 610. The lowest BCUT2D eigenvalue weighted by molar-refractivity contribution is -0.137. The number of aromatic nitrogens is 2. The van der Waals surface area contributed by atoms with E-state index in [0.29, 0.717) is 14.4 Å². The smallest absolute Gasteiger partial charge is 0.398 e. The van der Waals surface area contributed by atoms with Gasteiger partial charge in [-0.2, -0.15) is 13.2 Å². The second kappa shape index (κ2) is 5.49. The highest BCUT2D eigenvalue weighted by Gasteiger charge is 2.33. The summed E-state index contributed by atoms with van der Waals surface area (Å²) >= 11 is 2.44. The van der Waals surface area contributed by atoms with E-state index in [-0.39, 0.29) is 5.69 Å². The summed E-state index contributed by atoms with van der Waals surface area (Å²) in [6.07, 6.45) is -4.46. The normalized spacial score (nSPS) is 11.7. The molecule has 0 fully saturated rings. The molecule has 0 amide bonds. The molecular formula is C11H11F3N4S2. The number of anilines is 2. The zero-order valence-corrected chi connectivity index (χ0v) is 12.2. The average Bonchev–Trinajstić information content (AvgIpc) is 2.79. The Balaban J connectivity index is 2.25. The number of hydrogen-bond acceptors (Lipinski definition) is 6. The molecule has 1 aromatic heterocycles. The van der Waals surface area contributed by atoms with E-state index in [1.54, 1.807) is 4.90 Å². The molecule has 2 rings (SSSR count). The van der Waals surface area contributed by atoms with Crippen LogP contribution in [0.5, 0.6) is 0 Å². The zero-order valence-electron chi connectivity index (χ0n) is 10.6. The van der Waals surface area contributed by atoms with Gasteiger partial charge in [0.2, 0.25) is 5.13 Å². The topological polar surface area (TPSA) is 55.0 Å². The summed E-state index contributed by atoms with van der Waals surface area (Å²) in [5, 5.41) is 8.55. The molecule has 0 aliphatic carbocycles. The molecule has 0 spiro atoms. The van der Waals surface area contributed by atoms with E-state index >= 15 is 0 Å². The second-order valence-electron chi connectivity index (χ2n) is 4.09. The number of alkyl halides is 3. The van der Waals surface area contributed by atoms with E-state index in [1.807, 2.05) is 14.1 Å². The molecule has 2 N–H and O–H groups in total. The first-order valence-electron chi connectivity index (χ1n) is 5.43. The molecular weight excluding hydrogens is 309 g/mol. The van der Waals surface area contributed by atoms with Gasteiger partial charge in [0, 0.05) is 24.7 Å². The van der Waals surface area contributed by atoms with Gasteiger partial charge < -0.3 is 10.6 Å². The molecule has 20 heavy (non-hydrogen) atoms. The fourth-order valence-electron chi connectivity index (χ4n) is 1.37. The predicted octanol–water partition coefficient (Wildman–Crippen LogP) is 3.36. The third-order valence-electron chi connectivity index (χ3n) is 2.31. The van der Waals surface area contributed by atoms with Crippen molar-refractivity contribution in [3.05, 3.63) is 23.8 Å². The van der Waals surface area contributed by atoms with Crippen molar-refractivity contribution in [3.63, 3.8) is 0 Å². The third kappa shape index (κ3) is 3.34. The SMILES string of the molecule is CN(C)c1nnc(Sc2ccc(N)c(C(F)(F)F)c2)s1. The number of nitrogen functional groups attached to an aromatic ring is 1. The van der Waals surface area contributed by atoms with E-state index < -0.39 is 11.7 Å². The molecule has 1 heterocycles. The lowest BCUT2D eigenvalue weighted by Gasteiger charge is -2.10. The Hall–Kier alpha value is -1.48. The van der Waals surface area contributed by atoms with Crippen LogP contribution in [0.4, 0.5) is 24.0 Å². The lowest BCUT2D eigenvalue weighted by Crippen LogP contribution is -2.08. The molecule has 9 heteroatoms. The Morgan fingerprint density at radius 3 is 2.50 bits per heavy atom. The molecule has 108 valence electrons. The van der Waals surface area contributed by atoms with Gasteiger partial charge in [0.15, 0.2) is 4.34 Å². The maximum absolute atomic E-state index is 12.8. The summed E-state index contributed by atoms with van der Waals surface area (Å²) in [5.41, 5.74) is 4.23. The van der Waals surface area contributed by atoms with Crippen molar-refractivity contribution in [1.29, 1.82) is 0 Å². The Morgan fingerprint density at radius 1 is 1.25 bits per heavy atom. The summed E-state index contributed by atoms with van der Waals surface area (Å²) in [4.78, 5) is 2.21. The van der Waals surface area contributed by atoms with Gasteiger partial charge >= 0.3 is 6.18 Å². The van der Waals surface area contributed by atoms with Crippen molar-refractivity contribution in [2.75, 3.05) is 24.7 Å². The quantitative estimate of drug-likeness (QED) is 0.879. The minimum atomic E-state index is -4.46. The first-order valence-corrected chi connectivity index (χ1v) is 7.06. The van der Waals surface area contributed by atoms with Gasteiger partial charge in [-0.25, -0.2) is 0 Å². The molecule has 0 radical (unpaired) electrons. The molecule has 0 unspecified atom stereocenters. The maximum atomic E-state index is 12.8. The Morgan fingerprint density at radius 2 is 1.95 bits per heavy atom. The van der Waals surface area contributed by atoms with Crippen LogP contribution in [0, 0.1) is 0 Å². The molecule has 1 aromatic carbocycles. The monoisotopic (exact) mass is 320 g/mol. The minimum Gasteiger partial charge on any atom is -0.398 e. The van der Waals surface area contributed by atoms with Crippen LogP contribution in [0.3, 0.4) is 0 Å². The summed E-state index contributed by atoms with van der Waals surface area (Å²) in [7, 11) is 3.64. The second-order valence-corrected chi connectivity index (χ2v) is 6.37. The fraction of sp³-hybridized carbons (Fsp3) is 0.273. The van der Waals surface area contributed by atoms with Gasteiger partial charge in [-0.05, 0) is 18.2 Å². The molecule has 0 aliphatic heterocycles. The van der Waals surface area contributed by atoms with Crippen LogP contribution in [0.1, 0.15) is 5.56 Å². The number of hydrogen-bond donors (Lipinski definition) is 1. The molecule has 4 nitrogen and oxygen atoms in total. The van der Waals surface area contributed by atoms with Crippen molar-refractivity contribution in [2.45, 2.75) is 15.4 Å². The highest BCUT2D eigenvalue weighted by molar-refractivity contribution is 8.01. The van der Waals surface area contributed by atoms with Gasteiger partial charge in [0.05, 0.1) is 5.56 Å². The minimum absolute atomic E-state index is 0.284. The van der Waals surface area contributed by atoms with Crippen LogP contribution >= 0.6 is 23.1 Å². The standard InChI is InChI=1S/C11H11F3N4S2/c1-18(2)9-16-17-10(20-9)19-6-3-4-8(15)7(5-6)11(12,13)14/h3-5H,15H2,1-2H3. The van der Waals surface area contributed by atoms with E-state index in [2.05, 4.69) is 10.2 Å². The van der Waals surface area contributed by atoms with Crippen LogP contribution in [-0.4, -0.2) is 24.3 Å². The van der Waals surface area contributed by atoms with Crippen molar-refractivity contribution >= 4 is 33.9 Å². The highest BCUT2D eigenvalue weighted by Crippen LogP contribution is 2.38. The molecule has 0 bridgehead atoms. The molecule has 0 aliphatic rings. The Labute approximate surface area is 121 Å². The third-order valence-corrected chi connectivity index (χ3v) is 4.45. The predicted molar refractivity (Wildman–Crippen MR) is 74.2 cm³/mol. The average molecular weight is 320 g/mol. The molecule has 0 saturated heterocycles. The number of nitrogens with zero attached hydrogens (tertiary/aromatic N) is 3. The molecule has 2 aromatic rings. The first-order chi connectivity index (χ1) is 9.27. The van der Waals surface area contributed by atoms with Gasteiger partial charge in [0.1, 0.15) is 0 Å². The van der Waals surface area contributed by atoms with Crippen LogP contribution in [0.15, 0.2) is 27.4 Å². The highest BCUT2D eigenvalue weighted by atomic mass is 32.2. The number of benzene rings is 1. The Kier molecular flexibility index (Phi) is 4.09. The summed E-state index contributed by atoms with van der Waals surface area (Å²) in [6.45, 7) is 0. The number of nitrogens with two attached hydrogens (primary N) is 1. The van der Waals surface area contributed by atoms with E-state index in [0.717, 1.165) is 17.8 Å². The summed E-state index contributed by atoms with van der Waals surface area (Å²) in [5.74, 6) is 0. The maximum Gasteiger partial charge on any atom is 0.418 e. The van der Waals surface area contributed by atoms with Crippen LogP contribution in [0.2, 0.25) is 0 Å². The number of rotatable bonds is 3. The first kappa shape index (κ1) is 14.9. The van der Waals surface area contributed by atoms with Gasteiger partial charge in [-0.3, -0.25) is 0 Å². The van der Waals surface area contributed by atoms with Crippen molar-refractivity contribution < 1.29 is 13.2 Å². The van der Waals surface area contributed by atoms with Gasteiger partial charge in [-0.1, -0.05) is 23.1 Å². The fourth-order valence-corrected chi connectivity index (χ4v) is 3.15. The van der Waals surface area contributed by atoms with Gasteiger partial charge in [-0.15, -0.1) is 10.2 Å². The molecule has 0 saturated carbocycles. The van der Waals surface area contributed by atoms with E-state index in [9.17, 15) is 13.2 Å². The van der Waals surface area contributed by atoms with Gasteiger partial charge in [0.25, 0.3) is 0 Å². The van der Waals surface area contributed by atoms with Crippen LogP contribution in [0.25, 0.3) is 0 Å². The van der Waals surface area contributed by atoms with Crippen molar-refractivity contribution in [1.82, 2.24) is 10.2 Å². The van der Waals surface area contributed by atoms with E-state index in [1.165, 1.54) is 23.5 Å². The molecule has 0 atom stereocenters. The van der Waals surface area contributed by atoms with Crippen LogP contribution < -0.4 is 10.6 Å². The summed E-state index contributed by atoms with van der Waals surface area (Å²) < 4.78 is 38.8. The van der Waals surface area contributed by atoms with E-state index in [4.69, 9.17) is 5.73 Å². The lowest BCUT2D eigenvalue weighted by atomic mass is 10.2. The van der Waals surface area contributed by atoms with Crippen molar-refractivity contribution in [2.24, 2.45) is 0 Å². The largest absolute Gasteiger partial charge is 0.418 e. The number of halogens is 3. The zero-order chi connectivity index (χ0) is 14.9.